The Bertz CT molecular complexity index is 195. The Morgan fingerprint density at radius 3 is 2.56 bits per heavy atom. The van der Waals surface area contributed by atoms with Gasteiger partial charge in [-0.25, -0.2) is 0 Å². The van der Waals surface area contributed by atoms with Crippen molar-refractivity contribution in [2.45, 2.75) is 53.0 Å². The van der Waals surface area contributed by atoms with Crippen molar-refractivity contribution in [3.05, 3.63) is 0 Å². The van der Waals surface area contributed by atoms with Gasteiger partial charge in [0.05, 0.1) is 0 Å². The van der Waals surface area contributed by atoms with E-state index in [1.54, 1.807) is 0 Å². The molecule has 2 atom stereocenters. The van der Waals surface area contributed by atoms with Crippen LogP contribution in [-0.4, -0.2) is 37.6 Å². The number of nitrogens with zero attached hydrogens (tertiary/aromatic N) is 1. The third-order valence-corrected chi connectivity index (χ3v) is 4.02. The van der Waals surface area contributed by atoms with Crippen molar-refractivity contribution in [2.24, 2.45) is 11.3 Å². The molecule has 1 aliphatic heterocycles. The topological polar surface area (TPSA) is 15.3 Å². The van der Waals surface area contributed by atoms with E-state index < -0.39 is 0 Å². The lowest BCUT2D eigenvalue weighted by Gasteiger charge is -2.39. The normalized spacial score (nSPS) is 25.7. The van der Waals surface area contributed by atoms with Crippen LogP contribution in [0.3, 0.4) is 0 Å². The standard InChI is InChI=1S/C14H30N2/c1-6-12-8-7-9-16(10-12)11-13(15-5)14(2,3)4/h12-13,15H,6-11H2,1-5H3. The van der Waals surface area contributed by atoms with E-state index in [-0.39, 0.29) is 0 Å². The van der Waals surface area contributed by atoms with Gasteiger partial charge in [-0.05, 0) is 37.8 Å². The molecule has 2 heteroatoms. The summed E-state index contributed by atoms with van der Waals surface area (Å²) in [5, 5.41) is 3.48. The first-order valence-corrected chi connectivity index (χ1v) is 6.87. The maximum Gasteiger partial charge on any atom is 0.0240 e. The Balaban J connectivity index is 2.45. The minimum atomic E-state index is 0.355. The van der Waals surface area contributed by atoms with Crippen LogP contribution in [0.4, 0.5) is 0 Å². The molecule has 16 heavy (non-hydrogen) atoms. The number of nitrogens with one attached hydrogen (secondary N) is 1. The van der Waals surface area contributed by atoms with Crippen LogP contribution in [0.2, 0.25) is 0 Å². The van der Waals surface area contributed by atoms with Crippen LogP contribution < -0.4 is 5.32 Å². The van der Waals surface area contributed by atoms with Gasteiger partial charge in [0.2, 0.25) is 0 Å². The molecule has 1 N–H and O–H groups in total. The van der Waals surface area contributed by atoms with E-state index in [4.69, 9.17) is 0 Å². The Labute approximate surface area is 102 Å². The number of rotatable bonds is 4. The molecule has 1 fully saturated rings. The molecule has 1 aliphatic rings. The zero-order chi connectivity index (χ0) is 12.2. The first-order chi connectivity index (χ1) is 7.47. The minimum absolute atomic E-state index is 0.355. The van der Waals surface area contributed by atoms with E-state index in [2.05, 4.69) is 45.0 Å². The van der Waals surface area contributed by atoms with E-state index in [1.807, 2.05) is 0 Å². The van der Waals surface area contributed by atoms with Gasteiger partial charge >= 0.3 is 0 Å². The SMILES string of the molecule is CCC1CCCN(CC(NC)C(C)(C)C)C1. The molecule has 0 aromatic carbocycles. The van der Waals surface area contributed by atoms with E-state index in [0.29, 0.717) is 11.5 Å². The fourth-order valence-electron chi connectivity index (χ4n) is 2.71. The quantitative estimate of drug-likeness (QED) is 0.793. The number of likely N-dealkylation sites (tertiary alicyclic amines) is 1. The molecule has 96 valence electrons. The molecule has 2 nitrogen and oxygen atoms in total. The van der Waals surface area contributed by atoms with Gasteiger partial charge in [0.1, 0.15) is 0 Å². The number of piperidine rings is 1. The molecule has 0 spiro atoms. The molecule has 1 saturated heterocycles. The van der Waals surface area contributed by atoms with Gasteiger partial charge in [0.25, 0.3) is 0 Å². The summed E-state index contributed by atoms with van der Waals surface area (Å²) in [6, 6.07) is 0.600. The zero-order valence-electron chi connectivity index (χ0n) is 11.8. The van der Waals surface area contributed by atoms with Crippen molar-refractivity contribution >= 4 is 0 Å². The monoisotopic (exact) mass is 226 g/mol. The molecule has 0 saturated carbocycles. The third-order valence-electron chi connectivity index (χ3n) is 4.02. The molecule has 0 aromatic rings. The highest BCUT2D eigenvalue weighted by Crippen LogP contribution is 2.23. The van der Waals surface area contributed by atoms with Crippen LogP contribution in [0.15, 0.2) is 0 Å². The first kappa shape index (κ1) is 14.0. The second-order valence-corrected chi connectivity index (χ2v) is 6.38. The summed E-state index contributed by atoms with van der Waals surface area (Å²) in [5.74, 6) is 0.936. The minimum Gasteiger partial charge on any atom is -0.315 e. The Morgan fingerprint density at radius 1 is 1.38 bits per heavy atom. The maximum absolute atomic E-state index is 3.48. The molecule has 1 rings (SSSR count). The van der Waals surface area contributed by atoms with Crippen LogP contribution in [0.25, 0.3) is 0 Å². The Kier molecular flexibility index (Phi) is 5.26. The average molecular weight is 226 g/mol. The summed E-state index contributed by atoms with van der Waals surface area (Å²) in [6.45, 7) is 13.1. The van der Waals surface area contributed by atoms with Gasteiger partial charge < -0.3 is 10.2 Å². The highest BCUT2D eigenvalue weighted by molar-refractivity contribution is 4.84. The molecular weight excluding hydrogens is 196 g/mol. The van der Waals surface area contributed by atoms with E-state index in [9.17, 15) is 0 Å². The van der Waals surface area contributed by atoms with E-state index in [1.165, 1.54) is 38.9 Å². The molecule has 2 unspecified atom stereocenters. The van der Waals surface area contributed by atoms with E-state index >= 15 is 0 Å². The van der Waals surface area contributed by atoms with Crippen molar-refractivity contribution in [1.29, 1.82) is 0 Å². The third kappa shape index (κ3) is 4.06. The van der Waals surface area contributed by atoms with Crippen LogP contribution in [-0.2, 0) is 0 Å². The molecule has 0 bridgehead atoms. The second-order valence-electron chi connectivity index (χ2n) is 6.38. The van der Waals surface area contributed by atoms with Gasteiger partial charge in [-0.15, -0.1) is 0 Å². The van der Waals surface area contributed by atoms with Crippen LogP contribution in [0.1, 0.15) is 47.0 Å². The molecule has 0 radical (unpaired) electrons. The van der Waals surface area contributed by atoms with Crippen LogP contribution in [0.5, 0.6) is 0 Å². The summed E-state index contributed by atoms with van der Waals surface area (Å²) in [4.78, 5) is 2.66. The highest BCUT2D eigenvalue weighted by atomic mass is 15.2. The zero-order valence-corrected chi connectivity index (χ0v) is 11.8. The predicted molar refractivity (Wildman–Crippen MR) is 71.8 cm³/mol. The largest absolute Gasteiger partial charge is 0.315 e. The van der Waals surface area contributed by atoms with Crippen molar-refractivity contribution in [3.63, 3.8) is 0 Å². The lowest BCUT2D eigenvalue weighted by molar-refractivity contribution is 0.127. The number of hydrogen-bond acceptors (Lipinski definition) is 2. The van der Waals surface area contributed by atoms with Gasteiger partial charge in [-0.3, -0.25) is 0 Å². The van der Waals surface area contributed by atoms with Gasteiger partial charge in [-0.2, -0.15) is 0 Å². The van der Waals surface area contributed by atoms with Crippen LogP contribution in [0, 0.1) is 11.3 Å². The van der Waals surface area contributed by atoms with Crippen molar-refractivity contribution in [2.75, 3.05) is 26.7 Å². The number of hydrogen-bond donors (Lipinski definition) is 1. The van der Waals surface area contributed by atoms with Crippen molar-refractivity contribution in [1.82, 2.24) is 10.2 Å². The van der Waals surface area contributed by atoms with Gasteiger partial charge in [0, 0.05) is 19.1 Å². The van der Waals surface area contributed by atoms with Gasteiger partial charge in [-0.1, -0.05) is 34.1 Å². The van der Waals surface area contributed by atoms with Gasteiger partial charge in [0.15, 0.2) is 0 Å². The maximum atomic E-state index is 3.48. The smallest absolute Gasteiger partial charge is 0.0240 e. The Hall–Kier alpha value is -0.0800. The summed E-state index contributed by atoms with van der Waals surface area (Å²) < 4.78 is 0. The fourth-order valence-corrected chi connectivity index (χ4v) is 2.71. The average Bonchev–Trinajstić information content (AvgIpc) is 2.24. The lowest BCUT2D eigenvalue weighted by Crippen LogP contribution is -2.49. The van der Waals surface area contributed by atoms with Crippen molar-refractivity contribution in [3.8, 4) is 0 Å². The molecule has 0 amide bonds. The molecule has 0 aliphatic carbocycles. The summed E-state index contributed by atoms with van der Waals surface area (Å²) in [7, 11) is 2.09. The summed E-state index contributed by atoms with van der Waals surface area (Å²) in [5.41, 5.74) is 0.355. The first-order valence-electron chi connectivity index (χ1n) is 6.87. The number of likely N-dealkylation sites (N-methyl/N-ethyl adjacent to an activating group) is 1. The second kappa shape index (κ2) is 6.02. The van der Waals surface area contributed by atoms with E-state index in [0.717, 1.165) is 5.92 Å². The van der Waals surface area contributed by atoms with Crippen LogP contribution >= 0.6 is 0 Å². The Morgan fingerprint density at radius 2 is 2.06 bits per heavy atom. The summed E-state index contributed by atoms with van der Waals surface area (Å²) in [6.07, 6.45) is 4.17. The molecular formula is C14H30N2. The fraction of sp³-hybridized carbons (Fsp3) is 1.00. The lowest BCUT2D eigenvalue weighted by atomic mass is 9.85. The van der Waals surface area contributed by atoms with Crippen molar-refractivity contribution < 1.29 is 0 Å². The molecule has 1 heterocycles. The summed E-state index contributed by atoms with van der Waals surface area (Å²) >= 11 is 0. The highest BCUT2D eigenvalue weighted by Gasteiger charge is 2.27. The predicted octanol–water partition coefficient (Wildman–Crippen LogP) is 2.74. The molecule has 0 aromatic heterocycles.